The first-order chi connectivity index (χ1) is 9.99. The van der Waals surface area contributed by atoms with Gasteiger partial charge in [-0.05, 0) is 12.8 Å². The van der Waals surface area contributed by atoms with E-state index in [2.05, 4.69) is 9.47 Å². The van der Waals surface area contributed by atoms with Crippen LogP contribution < -0.4 is 0 Å². The molecule has 0 aromatic carbocycles. The van der Waals surface area contributed by atoms with E-state index in [1.165, 1.54) is 24.0 Å². The summed E-state index contributed by atoms with van der Waals surface area (Å²) in [5.41, 5.74) is 0. The van der Waals surface area contributed by atoms with Gasteiger partial charge in [-0.1, -0.05) is 0 Å². The van der Waals surface area contributed by atoms with Gasteiger partial charge in [-0.25, -0.2) is 9.59 Å². The first kappa shape index (κ1) is 15.3. The maximum Gasteiger partial charge on any atom is 0.328 e. The fourth-order valence-corrected chi connectivity index (χ4v) is 2.75. The van der Waals surface area contributed by atoms with Crippen LogP contribution in [0.2, 0.25) is 0 Å². The summed E-state index contributed by atoms with van der Waals surface area (Å²) in [6.07, 6.45) is 1.17. The highest BCUT2D eigenvalue weighted by Crippen LogP contribution is 2.25. The molecule has 2 saturated heterocycles. The van der Waals surface area contributed by atoms with Crippen molar-refractivity contribution >= 4 is 23.8 Å². The minimum atomic E-state index is -0.700. The van der Waals surface area contributed by atoms with Gasteiger partial charge in [-0.2, -0.15) is 0 Å². The van der Waals surface area contributed by atoms with Gasteiger partial charge >= 0.3 is 11.9 Å². The summed E-state index contributed by atoms with van der Waals surface area (Å²) in [5.74, 6) is -1.48. The lowest BCUT2D eigenvalue weighted by atomic mass is 10.2. The lowest BCUT2D eigenvalue weighted by Gasteiger charge is -2.30. The minimum absolute atomic E-state index is 0.0861. The molecule has 0 bridgehead atoms. The van der Waals surface area contributed by atoms with Crippen molar-refractivity contribution in [2.24, 2.45) is 0 Å². The summed E-state index contributed by atoms with van der Waals surface area (Å²) in [6, 6.07) is -1.40. The van der Waals surface area contributed by atoms with Gasteiger partial charge in [0.1, 0.15) is 12.1 Å². The Hall–Kier alpha value is -2.12. The fraction of sp³-hybridized carbons (Fsp3) is 0.692. The molecule has 8 nitrogen and oxygen atoms in total. The number of carbonyl (C=O) groups is 4. The van der Waals surface area contributed by atoms with Crippen LogP contribution in [0.1, 0.15) is 25.7 Å². The SMILES string of the molecule is COC(=O)C1CCC(=O)N1CN1C(=O)CCC1C(=O)OC. The Bertz CT molecular complexity index is 435. The number of hydrogen-bond acceptors (Lipinski definition) is 6. The van der Waals surface area contributed by atoms with E-state index in [1.54, 1.807) is 0 Å². The van der Waals surface area contributed by atoms with Gasteiger partial charge in [-0.15, -0.1) is 0 Å². The Morgan fingerprint density at radius 3 is 1.67 bits per heavy atom. The third kappa shape index (κ3) is 2.84. The van der Waals surface area contributed by atoms with Crippen molar-refractivity contribution in [3.63, 3.8) is 0 Å². The number of rotatable bonds is 4. The molecule has 8 heteroatoms. The second kappa shape index (κ2) is 6.11. The van der Waals surface area contributed by atoms with E-state index in [-0.39, 0.29) is 31.3 Å². The van der Waals surface area contributed by atoms with Crippen LogP contribution in [0, 0.1) is 0 Å². The van der Waals surface area contributed by atoms with Crippen LogP contribution in [0.25, 0.3) is 0 Å². The maximum absolute atomic E-state index is 11.9. The highest BCUT2D eigenvalue weighted by Gasteiger charge is 2.43. The van der Waals surface area contributed by atoms with Crippen LogP contribution in [0.4, 0.5) is 0 Å². The third-order valence-corrected chi connectivity index (χ3v) is 3.91. The van der Waals surface area contributed by atoms with Crippen LogP contribution in [-0.4, -0.2) is 66.5 Å². The summed E-state index contributed by atoms with van der Waals surface area (Å²) in [4.78, 5) is 49.8. The van der Waals surface area contributed by atoms with E-state index in [4.69, 9.17) is 0 Å². The summed E-state index contributed by atoms with van der Waals surface area (Å²) in [6.45, 7) is -0.0861. The number of carbonyl (C=O) groups excluding carboxylic acids is 4. The molecule has 0 radical (unpaired) electrons. The number of esters is 2. The molecule has 116 valence electrons. The lowest BCUT2D eigenvalue weighted by Crippen LogP contribution is -2.50. The normalized spacial score (nSPS) is 25.4. The molecule has 2 aliphatic rings. The predicted octanol–water partition coefficient (Wildman–Crippen LogP) is -0.728. The van der Waals surface area contributed by atoms with Crippen molar-refractivity contribution in [1.29, 1.82) is 0 Å². The van der Waals surface area contributed by atoms with Crippen molar-refractivity contribution in [2.75, 3.05) is 20.9 Å². The largest absolute Gasteiger partial charge is 0.467 e. The van der Waals surface area contributed by atoms with E-state index in [0.29, 0.717) is 12.8 Å². The molecular formula is C13H18N2O6. The molecule has 0 aromatic heterocycles. The summed E-state index contributed by atoms with van der Waals surface area (Å²) in [5, 5.41) is 0. The van der Waals surface area contributed by atoms with E-state index in [9.17, 15) is 19.2 Å². The number of nitrogens with zero attached hydrogens (tertiary/aromatic N) is 2. The van der Waals surface area contributed by atoms with Gasteiger partial charge in [0.25, 0.3) is 0 Å². The number of hydrogen-bond donors (Lipinski definition) is 0. The Morgan fingerprint density at radius 1 is 0.952 bits per heavy atom. The van der Waals surface area contributed by atoms with Crippen LogP contribution >= 0.6 is 0 Å². The second-order valence-corrected chi connectivity index (χ2v) is 5.02. The topological polar surface area (TPSA) is 93.2 Å². The number of methoxy groups -OCH3 is 2. The fourth-order valence-electron chi connectivity index (χ4n) is 2.75. The smallest absolute Gasteiger partial charge is 0.328 e. The van der Waals surface area contributed by atoms with Gasteiger partial charge in [0.15, 0.2) is 0 Å². The molecule has 21 heavy (non-hydrogen) atoms. The molecular weight excluding hydrogens is 280 g/mol. The molecule has 2 heterocycles. The van der Waals surface area contributed by atoms with Crippen molar-refractivity contribution < 1.29 is 28.7 Å². The van der Waals surface area contributed by atoms with Crippen LogP contribution in [0.3, 0.4) is 0 Å². The molecule has 2 aliphatic heterocycles. The molecule has 0 aromatic rings. The zero-order valence-electron chi connectivity index (χ0n) is 12.0. The van der Waals surface area contributed by atoms with Crippen LogP contribution in [0.5, 0.6) is 0 Å². The Kier molecular flexibility index (Phi) is 4.44. The zero-order chi connectivity index (χ0) is 15.6. The molecule has 2 fully saturated rings. The zero-order valence-corrected chi connectivity index (χ0v) is 12.0. The quantitative estimate of drug-likeness (QED) is 0.635. The second-order valence-electron chi connectivity index (χ2n) is 5.02. The molecule has 2 amide bonds. The van der Waals surface area contributed by atoms with E-state index in [1.807, 2.05) is 0 Å². The van der Waals surface area contributed by atoms with Gasteiger partial charge < -0.3 is 19.3 Å². The van der Waals surface area contributed by atoms with Crippen molar-refractivity contribution in [3.05, 3.63) is 0 Å². The lowest BCUT2D eigenvalue weighted by molar-refractivity contribution is -0.156. The number of ether oxygens (including phenoxy) is 2. The molecule has 0 saturated carbocycles. The monoisotopic (exact) mass is 298 g/mol. The van der Waals surface area contributed by atoms with E-state index < -0.39 is 24.0 Å². The summed E-state index contributed by atoms with van der Waals surface area (Å²) < 4.78 is 9.34. The number of amides is 2. The van der Waals surface area contributed by atoms with Crippen molar-refractivity contribution in [2.45, 2.75) is 37.8 Å². The molecule has 2 atom stereocenters. The first-order valence-electron chi connectivity index (χ1n) is 6.74. The minimum Gasteiger partial charge on any atom is -0.467 e. The summed E-state index contributed by atoms with van der Waals surface area (Å²) in [7, 11) is 2.50. The molecule has 0 spiro atoms. The maximum atomic E-state index is 11.9. The highest BCUT2D eigenvalue weighted by atomic mass is 16.5. The number of likely N-dealkylation sites (tertiary alicyclic amines) is 2. The van der Waals surface area contributed by atoms with E-state index >= 15 is 0 Å². The van der Waals surface area contributed by atoms with Gasteiger partial charge in [0, 0.05) is 12.8 Å². The van der Waals surface area contributed by atoms with Crippen LogP contribution in [-0.2, 0) is 28.7 Å². The Morgan fingerprint density at radius 2 is 1.33 bits per heavy atom. The van der Waals surface area contributed by atoms with Crippen molar-refractivity contribution in [3.8, 4) is 0 Å². The van der Waals surface area contributed by atoms with Gasteiger partial charge in [0.2, 0.25) is 11.8 Å². The summed E-state index contributed by atoms with van der Waals surface area (Å²) >= 11 is 0. The van der Waals surface area contributed by atoms with E-state index in [0.717, 1.165) is 0 Å². The average molecular weight is 298 g/mol. The average Bonchev–Trinajstić information content (AvgIpc) is 3.03. The van der Waals surface area contributed by atoms with Crippen LogP contribution in [0.15, 0.2) is 0 Å². The highest BCUT2D eigenvalue weighted by molar-refractivity contribution is 5.90. The molecule has 0 N–H and O–H groups in total. The van der Waals surface area contributed by atoms with Crippen molar-refractivity contribution in [1.82, 2.24) is 9.80 Å². The Labute approximate surface area is 121 Å². The first-order valence-corrected chi connectivity index (χ1v) is 6.74. The predicted molar refractivity (Wildman–Crippen MR) is 68.6 cm³/mol. The Balaban J connectivity index is 2.13. The molecule has 2 unspecified atom stereocenters. The van der Waals surface area contributed by atoms with Gasteiger partial charge in [-0.3, -0.25) is 9.59 Å². The molecule has 0 aliphatic carbocycles. The van der Waals surface area contributed by atoms with Gasteiger partial charge in [0.05, 0.1) is 20.9 Å². The standard InChI is InChI=1S/C13H18N2O6/c1-20-12(18)8-3-5-10(16)14(8)7-15-9(13(19)21-2)4-6-11(15)17/h8-9H,3-7H2,1-2H3. The third-order valence-electron chi connectivity index (χ3n) is 3.91. The molecule has 2 rings (SSSR count).